The van der Waals surface area contributed by atoms with Gasteiger partial charge >= 0.3 is 5.97 Å². The van der Waals surface area contributed by atoms with Crippen LogP contribution in [0.5, 0.6) is 0 Å². The highest BCUT2D eigenvalue weighted by molar-refractivity contribution is 5.90. The summed E-state index contributed by atoms with van der Waals surface area (Å²) < 4.78 is 0. The number of amides is 4. The maximum absolute atomic E-state index is 11.7. The van der Waals surface area contributed by atoms with Gasteiger partial charge in [0.15, 0.2) is 0 Å². The number of hydrogen-bond acceptors (Lipinski definition) is 6. The molecular weight excluding hydrogens is 346 g/mol. The van der Waals surface area contributed by atoms with E-state index < -0.39 is 54.8 Å². The summed E-state index contributed by atoms with van der Waals surface area (Å²) in [6.07, 6.45) is 0.258. The molecule has 148 valence electrons. The Morgan fingerprint density at radius 3 is 2.08 bits per heavy atom. The summed E-state index contributed by atoms with van der Waals surface area (Å²) in [4.78, 5) is 56.6. The Hall–Kier alpha value is -2.69. The molecule has 0 aliphatic rings. The molecular formula is C15H27N5O6. The molecule has 2 atom stereocenters. The Morgan fingerprint density at radius 2 is 1.58 bits per heavy atom. The van der Waals surface area contributed by atoms with Crippen molar-refractivity contribution in [3.05, 3.63) is 0 Å². The fraction of sp³-hybridized carbons (Fsp3) is 0.667. The van der Waals surface area contributed by atoms with Gasteiger partial charge in [0.2, 0.25) is 23.6 Å². The minimum atomic E-state index is -1.16. The Balaban J connectivity index is 4.17. The van der Waals surface area contributed by atoms with E-state index in [2.05, 4.69) is 16.0 Å². The van der Waals surface area contributed by atoms with Gasteiger partial charge in [-0.1, -0.05) is 13.8 Å². The predicted octanol–water partition coefficient (Wildman–Crippen LogP) is -2.57. The number of nitrogens with two attached hydrogens (primary N) is 2. The van der Waals surface area contributed by atoms with Crippen molar-refractivity contribution in [2.75, 3.05) is 13.1 Å². The third-order valence-corrected chi connectivity index (χ3v) is 3.25. The number of rotatable bonds is 12. The lowest BCUT2D eigenvalue weighted by Gasteiger charge is -2.16. The standard InChI is InChI=1S/C15H27N5O6/c1-8(2)5-10(15(25)26)20-13(23)7-18-12(22)6-19-14(24)9(16)3-4-11(17)21/h8-10H,3-7,16H2,1-2H3,(H2,17,21)(H,18,22)(H,19,24)(H,20,23)(H,25,26). The fourth-order valence-corrected chi connectivity index (χ4v) is 1.91. The van der Waals surface area contributed by atoms with Crippen LogP contribution in [0.2, 0.25) is 0 Å². The lowest BCUT2D eigenvalue weighted by Crippen LogP contribution is -2.48. The summed E-state index contributed by atoms with van der Waals surface area (Å²) in [7, 11) is 0. The van der Waals surface area contributed by atoms with Gasteiger partial charge in [-0.05, 0) is 18.8 Å². The van der Waals surface area contributed by atoms with Crippen LogP contribution < -0.4 is 27.4 Å². The number of hydrogen-bond donors (Lipinski definition) is 6. The molecule has 11 heteroatoms. The van der Waals surface area contributed by atoms with Crippen LogP contribution >= 0.6 is 0 Å². The largest absolute Gasteiger partial charge is 0.480 e. The minimum Gasteiger partial charge on any atom is -0.480 e. The molecule has 0 aromatic carbocycles. The zero-order valence-corrected chi connectivity index (χ0v) is 14.9. The lowest BCUT2D eigenvalue weighted by atomic mass is 10.0. The van der Waals surface area contributed by atoms with Crippen LogP contribution in [-0.2, 0) is 24.0 Å². The maximum Gasteiger partial charge on any atom is 0.326 e. The Morgan fingerprint density at radius 1 is 1.00 bits per heavy atom. The van der Waals surface area contributed by atoms with Gasteiger partial charge in [0, 0.05) is 6.42 Å². The highest BCUT2D eigenvalue weighted by Crippen LogP contribution is 2.04. The molecule has 26 heavy (non-hydrogen) atoms. The van der Waals surface area contributed by atoms with Gasteiger partial charge in [0.05, 0.1) is 19.1 Å². The van der Waals surface area contributed by atoms with Gasteiger partial charge in [0.1, 0.15) is 6.04 Å². The van der Waals surface area contributed by atoms with E-state index in [0.29, 0.717) is 0 Å². The van der Waals surface area contributed by atoms with Crippen LogP contribution in [-0.4, -0.2) is 59.9 Å². The van der Waals surface area contributed by atoms with Crippen LogP contribution in [0.4, 0.5) is 0 Å². The maximum atomic E-state index is 11.7. The number of carbonyl (C=O) groups is 5. The molecule has 0 heterocycles. The number of carbonyl (C=O) groups excluding carboxylic acids is 4. The number of carboxylic acids is 1. The third-order valence-electron chi connectivity index (χ3n) is 3.25. The average molecular weight is 373 g/mol. The van der Waals surface area contributed by atoms with Gasteiger partial charge < -0.3 is 32.5 Å². The van der Waals surface area contributed by atoms with Gasteiger partial charge in [-0.2, -0.15) is 0 Å². The molecule has 0 aromatic rings. The van der Waals surface area contributed by atoms with E-state index in [4.69, 9.17) is 16.6 Å². The van der Waals surface area contributed by atoms with Crippen molar-refractivity contribution >= 4 is 29.6 Å². The van der Waals surface area contributed by atoms with Crippen LogP contribution in [0.3, 0.4) is 0 Å². The Labute approximate surface area is 151 Å². The molecule has 4 amide bonds. The van der Waals surface area contributed by atoms with E-state index in [-0.39, 0.29) is 25.2 Å². The number of carboxylic acid groups (broad SMARTS) is 1. The fourth-order valence-electron chi connectivity index (χ4n) is 1.91. The van der Waals surface area contributed by atoms with Crippen molar-refractivity contribution in [1.82, 2.24) is 16.0 Å². The molecule has 0 aliphatic heterocycles. The summed E-state index contributed by atoms with van der Waals surface area (Å²) in [5.41, 5.74) is 10.5. The molecule has 0 bridgehead atoms. The first-order chi connectivity index (χ1) is 12.0. The third kappa shape index (κ3) is 11.0. The normalized spacial score (nSPS) is 12.8. The molecule has 0 aromatic heterocycles. The van der Waals surface area contributed by atoms with Crippen molar-refractivity contribution in [3.8, 4) is 0 Å². The summed E-state index contributed by atoms with van der Waals surface area (Å²) in [6.45, 7) is 2.80. The van der Waals surface area contributed by atoms with E-state index in [1.807, 2.05) is 13.8 Å². The zero-order valence-electron chi connectivity index (χ0n) is 14.9. The first kappa shape index (κ1) is 23.3. The molecule has 0 rings (SSSR count). The molecule has 0 aliphatic carbocycles. The number of primary amides is 1. The smallest absolute Gasteiger partial charge is 0.326 e. The molecule has 11 nitrogen and oxygen atoms in total. The van der Waals surface area contributed by atoms with Crippen molar-refractivity contribution in [2.24, 2.45) is 17.4 Å². The second-order valence-corrected chi connectivity index (χ2v) is 6.19. The summed E-state index contributed by atoms with van der Waals surface area (Å²) >= 11 is 0. The summed E-state index contributed by atoms with van der Waals surface area (Å²) in [6, 6.07) is -2.02. The van der Waals surface area contributed by atoms with Crippen molar-refractivity contribution in [1.29, 1.82) is 0 Å². The predicted molar refractivity (Wildman–Crippen MR) is 91.4 cm³/mol. The average Bonchev–Trinajstić information content (AvgIpc) is 2.54. The number of nitrogens with one attached hydrogen (secondary N) is 3. The first-order valence-electron chi connectivity index (χ1n) is 8.13. The van der Waals surface area contributed by atoms with Crippen molar-refractivity contribution in [2.45, 2.75) is 45.2 Å². The second kappa shape index (κ2) is 11.8. The SMILES string of the molecule is CC(C)CC(NC(=O)CNC(=O)CNC(=O)C(N)CCC(N)=O)C(=O)O. The minimum absolute atomic E-state index is 0.0532. The van der Waals surface area contributed by atoms with Gasteiger partial charge in [-0.15, -0.1) is 0 Å². The highest BCUT2D eigenvalue weighted by atomic mass is 16.4. The topological polar surface area (TPSA) is 194 Å². The van der Waals surface area contributed by atoms with Crippen molar-refractivity contribution in [3.63, 3.8) is 0 Å². The molecule has 0 spiro atoms. The van der Waals surface area contributed by atoms with E-state index in [1.54, 1.807) is 0 Å². The second-order valence-electron chi connectivity index (χ2n) is 6.19. The van der Waals surface area contributed by atoms with E-state index in [9.17, 15) is 24.0 Å². The van der Waals surface area contributed by atoms with Gasteiger partial charge in [-0.25, -0.2) is 4.79 Å². The quantitative estimate of drug-likeness (QED) is 0.216. The van der Waals surface area contributed by atoms with Crippen LogP contribution in [0.1, 0.15) is 33.1 Å². The Bertz CT molecular complexity index is 537. The van der Waals surface area contributed by atoms with E-state index >= 15 is 0 Å². The molecule has 0 saturated heterocycles. The van der Waals surface area contributed by atoms with Crippen LogP contribution in [0.15, 0.2) is 0 Å². The monoisotopic (exact) mass is 373 g/mol. The zero-order chi connectivity index (χ0) is 20.3. The first-order valence-corrected chi connectivity index (χ1v) is 8.13. The summed E-state index contributed by atoms with van der Waals surface area (Å²) in [5, 5.41) is 15.9. The van der Waals surface area contributed by atoms with Crippen LogP contribution in [0.25, 0.3) is 0 Å². The van der Waals surface area contributed by atoms with Gasteiger partial charge in [-0.3, -0.25) is 19.2 Å². The Kier molecular flexibility index (Phi) is 10.6. The lowest BCUT2D eigenvalue weighted by molar-refractivity contribution is -0.142. The van der Waals surface area contributed by atoms with Crippen molar-refractivity contribution < 1.29 is 29.1 Å². The van der Waals surface area contributed by atoms with Crippen LogP contribution in [0, 0.1) is 5.92 Å². The molecule has 2 unspecified atom stereocenters. The number of aliphatic carboxylic acids is 1. The molecule has 8 N–H and O–H groups in total. The van der Waals surface area contributed by atoms with E-state index in [0.717, 1.165) is 0 Å². The van der Waals surface area contributed by atoms with Gasteiger partial charge in [0.25, 0.3) is 0 Å². The molecule has 0 radical (unpaired) electrons. The van der Waals surface area contributed by atoms with E-state index in [1.165, 1.54) is 0 Å². The highest BCUT2D eigenvalue weighted by Gasteiger charge is 2.21. The molecule has 0 saturated carbocycles. The molecule has 0 fully saturated rings. The summed E-state index contributed by atoms with van der Waals surface area (Å²) in [5.74, 6) is -3.61.